The summed E-state index contributed by atoms with van der Waals surface area (Å²) in [7, 11) is 0. The second-order valence-electron chi connectivity index (χ2n) is 17.4. The lowest BCUT2D eigenvalue weighted by atomic mass is 9.38. The van der Waals surface area contributed by atoms with Crippen molar-refractivity contribution in [2.75, 3.05) is 6.61 Å². The van der Waals surface area contributed by atoms with Crippen LogP contribution < -0.4 is 0 Å². The van der Waals surface area contributed by atoms with Gasteiger partial charge in [-0.25, -0.2) is 0 Å². The molecular weight excluding hydrogens is 576 g/mol. The van der Waals surface area contributed by atoms with Crippen molar-refractivity contribution in [2.24, 2.45) is 45.3 Å². The molecular formula is C36H62O9. The number of hydrogen-bond donors (Lipinski definition) is 7. The molecule has 1 saturated heterocycles. The van der Waals surface area contributed by atoms with E-state index in [1.54, 1.807) is 0 Å². The molecule has 5 rings (SSSR count). The van der Waals surface area contributed by atoms with Crippen molar-refractivity contribution in [3.8, 4) is 0 Å². The van der Waals surface area contributed by atoms with Gasteiger partial charge in [0.15, 0.2) is 6.29 Å². The largest absolute Gasteiger partial charge is 0.394 e. The van der Waals surface area contributed by atoms with Crippen LogP contribution in [0.1, 0.15) is 107 Å². The van der Waals surface area contributed by atoms with Gasteiger partial charge in [0.2, 0.25) is 0 Å². The molecule has 0 aromatic carbocycles. The molecule has 0 amide bonds. The van der Waals surface area contributed by atoms with E-state index in [-0.39, 0.29) is 34.5 Å². The van der Waals surface area contributed by atoms with E-state index in [9.17, 15) is 35.7 Å². The van der Waals surface area contributed by atoms with E-state index < -0.39 is 72.1 Å². The number of rotatable bonds is 7. The van der Waals surface area contributed by atoms with Crippen molar-refractivity contribution < 1.29 is 45.2 Å². The van der Waals surface area contributed by atoms with Gasteiger partial charge in [-0.2, -0.15) is 0 Å². The zero-order valence-electron chi connectivity index (χ0n) is 28.8. The summed E-state index contributed by atoms with van der Waals surface area (Å²) in [6, 6.07) is 0. The maximum absolute atomic E-state index is 12.3. The van der Waals surface area contributed by atoms with Gasteiger partial charge in [-0.05, 0) is 112 Å². The number of aliphatic hydroxyl groups is 7. The van der Waals surface area contributed by atoms with Crippen LogP contribution in [0.4, 0.5) is 0 Å². The molecule has 45 heavy (non-hydrogen) atoms. The van der Waals surface area contributed by atoms with E-state index >= 15 is 0 Å². The predicted octanol–water partition coefficient (Wildman–Crippen LogP) is 3.30. The van der Waals surface area contributed by atoms with Gasteiger partial charge in [-0.1, -0.05) is 46.3 Å². The molecule has 16 atom stereocenters. The molecule has 4 saturated carbocycles. The Morgan fingerprint density at radius 1 is 0.822 bits per heavy atom. The van der Waals surface area contributed by atoms with Gasteiger partial charge in [0, 0.05) is 5.41 Å². The van der Waals surface area contributed by atoms with E-state index in [1.165, 1.54) is 5.57 Å². The topological polar surface area (TPSA) is 160 Å². The second kappa shape index (κ2) is 12.1. The fraction of sp³-hybridized carbons (Fsp3) is 0.944. The Balaban J connectivity index is 1.51. The lowest BCUT2D eigenvalue weighted by Gasteiger charge is -2.68. The maximum Gasteiger partial charge on any atom is 0.187 e. The Morgan fingerprint density at radius 2 is 1.40 bits per heavy atom. The molecule has 0 spiro atoms. The Morgan fingerprint density at radius 3 is 1.98 bits per heavy atom. The van der Waals surface area contributed by atoms with Crippen molar-refractivity contribution >= 4 is 0 Å². The molecule has 9 heteroatoms. The summed E-state index contributed by atoms with van der Waals surface area (Å²) < 4.78 is 12.7. The highest BCUT2D eigenvalue weighted by molar-refractivity contribution is 5.20. The minimum Gasteiger partial charge on any atom is -0.394 e. The summed E-state index contributed by atoms with van der Waals surface area (Å²) in [5.41, 5.74) is -1.23. The van der Waals surface area contributed by atoms with Crippen LogP contribution >= 0.6 is 0 Å². The summed E-state index contributed by atoms with van der Waals surface area (Å²) in [4.78, 5) is 0. The SMILES string of the molecule is CC(C)=CCC[C@@](C)(O[C@@H]1O[C@H](CO)[C@@H](O)[C@@H](O)[C@H]1O)[C@@]1(C)CC[C@@]2(C)[C@H]1[C@@H](O)C[C@@H]1[C@@H]2C[C@@H](O)[C@@H]2C(C)(C)[C@H](O)CC[C@]12C. The van der Waals surface area contributed by atoms with Crippen LogP contribution in [0.2, 0.25) is 0 Å². The molecule has 0 radical (unpaired) electrons. The molecule has 4 aliphatic carbocycles. The van der Waals surface area contributed by atoms with Gasteiger partial charge < -0.3 is 45.2 Å². The van der Waals surface area contributed by atoms with Crippen molar-refractivity contribution in [3.05, 3.63) is 11.6 Å². The van der Waals surface area contributed by atoms with Gasteiger partial charge in [-0.15, -0.1) is 0 Å². The smallest absolute Gasteiger partial charge is 0.187 e. The van der Waals surface area contributed by atoms with Crippen LogP contribution in [-0.4, -0.2) is 97.0 Å². The molecule has 9 nitrogen and oxygen atoms in total. The molecule has 0 bridgehead atoms. The number of hydrogen-bond acceptors (Lipinski definition) is 9. The second-order valence-corrected chi connectivity index (χ2v) is 17.4. The van der Waals surface area contributed by atoms with Crippen LogP contribution in [0.3, 0.4) is 0 Å². The first-order valence-electron chi connectivity index (χ1n) is 17.4. The number of ether oxygens (including phenoxy) is 2. The molecule has 1 heterocycles. The highest BCUT2D eigenvalue weighted by Gasteiger charge is 2.72. The highest BCUT2D eigenvalue weighted by atomic mass is 16.7. The summed E-state index contributed by atoms with van der Waals surface area (Å²) in [6.45, 7) is 16.5. The number of allylic oxidation sites excluding steroid dienone is 2. The van der Waals surface area contributed by atoms with Crippen molar-refractivity contribution in [3.63, 3.8) is 0 Å². The van der Waals surface area contributed by atoms with E-state index in [2.05, 4.69) is 40.7 Å². The standard InChI is InChI=1S/C36H62O9/c1-19(2)10-9-12-36(8,45-31-28(43)27(42)26(41)24(18-37)44-31)35(7)15-14-34(6)21-16-22(38)29-32(3,4)25(40)11-13-33(29,5)20(21)17-23(39)30(34)35/h10,20-31,37-43H,9,11-18H2,1-8H3/t20-,21+,22-,23+,24-,25-,26-,27-,28-,29-,30-,31+,33-,34-,35+,36-/m1/s1. The zero-order valence-corrected chi connectivity index (χ0v) is 28.8. The molecule has 0 unspecified atom stereocenters. The highest BCUT2D eigenvalue weighted by Crippen LogP contribution is 2.74. The maximum atomic E-state index is 12.3. The molecule has 260 valence electrons. The molecule has 0 aromatic heterocycles. The fourth-order valence-corrected chi connectivity index (χ4v) is 11.9. The Labute approximate surface area is 270 Å². The van der Waals surface area contributed by atoms with Gasteiger partial charge in [0.25, 0.3) is 0 Å². The quantitative estimate of drug-likeness (QED) is 0.208. The Kier molecular flexibility index (Phi) is 9.56. The third-order valence-electron chi connectivity index (χ3n) is 14.5. The zero-order chi connectivity index (χ0) is 33.5. The number of aliphatic hydroxyl groups excluding tert-OH is 7. The summed E-state index contributed by atoms with van der Waals surface area (Å²) in [5, 5.41) is 77.0. The molecule has 7 N–H and O–H groups in total. The average Bonchev–Trinajstić information content (AvgIpc) is 3.25. The average molecular weight is 639 g/mol. The van der Waals surface area contributed by atoms with Crippen LogP contribution in [0, 0.1) is 45.3 Å². The summed E-state index contributed by atoms with van der Waals surface area (Å²) in [6.07, 6.45) is -0.693. The fourth-order valence-electron chi connectivity index (χ4n) is 11.9. The van der Waals surface area contributed by atoms with E-state index in [0.29, 0.717) is 32.1 Å². The lowest BCUT2D eigenvalue weighted by Crippen LogP contribution is -2.67. The van der Waals surface area contributed by atoms with Crippen LogP contribution in [0.25, 0.3) is 0 Å². The van der Waals surface area contributed by atoms with Crippen LogP contribution in [-0.2, 0) is 9.47 Å². The first kappa shape index (κ1) is 35.7. The van der Waals surface area contributed by atoms with E-state index in [1.807, 2.05) is 20.8 Å². The van der Waals surface area contributed by atoms with E-state index in [0.717, 1.165) is 19.3 Å². The van der Waals surface area contributed by atoms with Crippen molar-refractivity contribution in [2.45, 2.75) is 161 Å². The number of fused-ring (bicyclic) bond motifs is 5. The molecule has 5 aliphatic rings. The van der Waals surface area contributed by atoms with Gasteiger partial charge >= 0.3 is 0 Å². The summed E-state index contributed by atoms with van der Waals surface area (Å²) in [5.74, 6) is 0.172. The third kappa shape index (κ3) is 5.39. The van der Waals surface area contributed by atoms with Crippen molar-refractivity contribution in [1.29, 1.82) is 0 Å². The summed E-state index contributed by atoms with van der Waals surface area (Å²) >= 11 is 0. The van der Waals surface area contributed by atoms with Crippen LogP contribution in [0.5, 0.6) is 0 Å². The van der Waals surface area contributed by atoms with Gasteiger partial charge in [0.1, 0.15) is 24.4 Å². The Hall–Kier alpha value is -0.620. The first-order chi connectivity index (χ1) is 20.8. The molecule has 0 aromatic rings. The van der Waals surface area contributed by atoms with Crippen molar-refractivity contribution in [1.82, 2.24) is 0 Å². The van der Waals surface area contributed by atoms with Crippen LogP contribution in [0.15, 0.2) is 11.6 Å². The normalized spacial score (nSPS) is 52.2. The molecule has 5 fully saturated rings. The Bertz CT molecular complexity index is 1110. The first-order valence-corrected chi connectivity index (χ1v) is 17.4. The van der Waals surface area contributed by atoms with Gasteiger partial charge in [0.05, 0.1) is 30.5 Å². The predicted molar refractivity (Wildman–Crippen MR) is 170 cm³/mol. The minimum absolute atomic E-state index is 0.0565. The third-order valence-corrected chi connectivity index (χ3v) is 14.5. The van der Waals surface area contributed by atoms with Gasteiger partial charge in [-0.3, -0.25) is 0 Å². The lowest BCUT2D eigenvalue weighted by molar-refractivity contribution is -0.344. The molecule has 1 aliphatic heterocycles. The minimum atomic E-state index is -1.54. The monoisotopic (exact) mass is 638 g/mol. The van der Waals surface area contributed by atoms with E-state index in [4.69, 9.17) is 9.47 Å².